The van der Waals surface area contributed by atoms with Crippen molar-refractivity contribution in [2.24, 2.45) is 0 Å². The van der Waals surface area contributed by atoms with Crippen molar-refractivity contribution in [2.75, 3.05) is 18.0 Å². The lowest BCUT2D eigenvalue weighted by molar-refractivity contribution is -0.128. The maximum Gasteiger partial charge on any atom is 0.263 e. The van der Waals surface area contributed by atoms with Crippen molar-refractivity contribution < 1.29 is 22.7 Å². The first kappa shape index (κ1) is 26.9. The van der Waals surface area contributed by atoms with Gasteiger partial charge in [-0.2, -0.15) is 4.31 Å². The SMILES string of the molecule is O=C(NCc1ccccc1)C1CN(C(=O)CN(C2CCCCC2)S(=O)(=O)c2ccccc2)c2ccccc2O1. The summed E-state index contributed by atoms with van der Waals surface area (Å²) in [6.07, 6.45) is 3.39. The van der Waals surface area contributed by atoms with Gasteiger partial charge in [-0.25, -0.2) is 8.42 Å². The van der Waals surface area contributed by atoms with E-state index >= 15 is 0 Å². The molecule has 39 heavy (non-hydrogen) atoms. The normalized spacial score (nSPS) is 17.8. The highest BCUT2D eigenvalue weighted by molar-refractivity contribution is 7.89. The van der Waals surface area contributed by atoms with Crippen LogP contribution >= 0.6 is 0 Å². The summed E-state index contributed by atoms with van der Waals surface area (Å²) >= 11 is 0. The Labute approximate surface area is 229 Å². The fourth-order valence-corrected chi connectivity index (χ4v) is 6.89. The Bertz CT molecular complexity index is 1390. The largest absolute Gasteiger partial charge is 0.477 e. The monoisotopic (exact) mass is 547 g/mol. The van der Waals surface area contributed by atoms with Crippen LogP contribution in [0.3, 0.4) is 0 Å². The minimum Gasteiger partial charge on any atom is -0.477 e. The Kier molecular flexibility index (Phi) is 8.28. The molecule has 5 rings (SSSR count). The molecule has 3 aromatic rings. The van der Waals surface area contributed by atoms with Gasteiger partial charge in [0.15, 0.2) is 6.10 Å². The third-order valence-corrected chi connectivity index (χ3v) is 9.21. The van der Waals surface area contributed by atoms with Crippen molar-refractivity contribution >= 4 is 27.5 Å². The van der Waals surface area contributed by atoms with Crippen LogP contribution in [0.5, 0.6) is 5.75 Å². The van der Waals surface area contributed by atoms with E-state index < -0.39 is 22.0 Å². The van der Waals surface area contributed by atoms with Crippen LogP contribution in [0.1, 0.15) is 37.7 Å². The summed E-state index contributed by atoms with van der Waals surface area (Å²) in [5, 5.41) is 2.89. The molecule has 0 saturated heterocycles. The van der Waals surface area contributed by atoms with Crippen LogP contribution in [0.4, 0.5) is 5.69 Å². The van der Waals surface area contributed by atoms with Crippen LogP contribution in [-0.2, 0) is 26.2 Å². The first-order valence-electron chi connectivity index (χ1n) is 13.4. The van der Waals surface area contributed by atoms with Crippen LogP contribution < -0.4 is 15.0 Å². The zero-order chi connectivity index (χ0) is 27.2. The molecule has 1 saturated carbocycles. The molecule has 8 nitrogen and oxygen atoms in total. The van der Waals surface area contributed by atoms with E-state index in [2.05, 4.69) is 5.32 Å². The fourth-order valence-electron chi connectivity index (χ4n) is 5.23. The Balaban J connectivity index is 1.38. The van der Waals surface area contributed by atoms with Gasteiger partial charge in [0.1, 0.15) is 5.75 Å². The summed E-state index contributed by atoms with van der Waals surface area (Å²) in [5.41, 5.74) is 1.47. The Morgan fingerprint density at radius 1 is 0.872 bits per heavy atom. The molecule has 0 spiro atoms. The number of hydrogen-bond acceptors (Lipinski definition) is 5. The molecule has 1 fully saturated rings. The molecular weight excluding hydrogens is 514 g/mol. The van der Waals surface area contributed by atoms with Crippen molar-refractivity contribution in [3.05, 3.63) is 90.5 Å². The molecule has 204 valence electrons. The number of benzene rings is 3. The van der Waals surface area contributed by atoms with E-state index in [1.54, 1.807) is 54.6 Å². The number of carbonyl (C=O) groups excluding carboxylic acids is 2. The van der Waals surface area contributed by atoms with Crippen LogP contribution in [0.2, 0.25) is 0 Å². The van der Waals surface area contributed by atoms with E-state index in [1.807, 2.05) is 30.3 Å². The Morgan fingerprint density at radius 3 is 2.23 bits per heavy atom. The molecule has 0 aromatic heterocycles. The highest BCUT2D eigenvalue weighted by Gasteiger charge is 2.38. The number of sulfonamides is 1. The molecule has 1 heterocycles. The highest BCUT2D eigenvalue weighted by Crippen LogP contribution is 2.34. The Hall–Kier alpha value is -3.69. The standard InChI is InChI=1S/C30H33N3O5S/c34-29(22-33(24-14-6-2-7-15-24)39(36,37)25-16-8-3-9-17-25)32-21-28(38-27-19-11-10-18-26(27)32)30(35)31-20-23-12-4-1-5-13-23/h1,3-5,8-13,16-19,24,28H,2,6-7,14-15,20-22H2,(H,31,35). The van der Waals surface area contributed by atoms with Crippen molar-refractivity contribution in [1.29, 1.82) is 0 Å². The second-order valence-electron chi connectivity index (χ2n) is 9.94. The molecule has 1 aliphatic heterocycles. The van der Waals surface area contributed by atoms with E-state index in [-0.39, 0.29) is 29.9 Å². The van der Waals surface area contributed by atoms with Crippen LogP contribution in [-0.4, -0.2) is 49.8 Å². The summed E-state index contributed by atoms with van der Waals surface area (Å²) in [5.74, 6) is -0.323. The topological polar surface area (TPSA) is 96.0 Å². The molecule has 3 aromatic carbocycles. The molecule has 0 bridgehead atoms. The molecule has 0 radical (unpaired) electrons. The molecule has 1 aliphatic carbocycles. The van der Waals surface area contributed by atoms with Gasteiger partial charge in [-0.15, -0.1) is 0 Å². The van der Waals surface area contributed by atoms with Crippen LogP contribution in [0, 0.1) is 0 Å². The zero-order valence-electron chi connectivity index (χ0n) is 21.7. The molecule has 1 unspecified atom stereocenters. The van der Waals surface area contributed by atoms with Gasteiger partial charge in [-0.1, -0.05) is 79.9 Å². The van der Waals surface area contributed by atoms with Gasteiger partial charge in [-0.3, -0.25) is 9.59 Å². The quantitative estimate of drug-likeness (QED) is 0.458. The number of para-hydroxylation sites is 2. The lowest BCUT2D eigenvalue weighted by Gasteiger charge is -2.37. The molecule has 2 amide bonds. The average molecular weight is 548 g/mol. The lowest BCUT2D eigenvalue weighted by atomic mass is 9.95. The second-order valence-corrected chi connectivity index (χ2v) is 11.8. The van der Waals surface area contributed by atoms with E-state index in [0.29, 0.717) is 30.8 Å². The van der Waals surface area contributed by atoms with Gasteiger partial charge in [0, 0.05) is 12.6 Å². The molecule has 9 heteroatoms. The van der Waals surface area contributed by atoms with E-state index in [9.17, 15) is 18.0 Å². The summed E-state index contributed by atoms with van der Waals surface area (Å²) in [4.78, 5) is 28.6. The van der Waals surface area contributed by atoms with Crippen molar-refractivity contribution in [2.45, 2.75) is 55.7 Å². The first-order chi connectivity index (χ1) is 18.9. The zero-order valence-corrected chi connectivity index (χ0v) is 22.6. The lowest BCUT2D eigenvalue weighted by Crippen LogP contribution is -2.54. The van der Waals surface area contributed by atoms with Gasteiger partial charge in [0.05, 0.1) is 23.7 Å². The molecule has 1 atom stereocenters. The predicted molar refractivity (Wildman–Crippen MR) is 149 cm³/mol. The third-order valence-electron chi connectivity index (χ3n) is 7.30. The molecule has 1 N–H and O–H groups in total. The fraction of sp³-hybridized carbons (Fsp3) is 0.333. The van der Waals surface area contributed by atoms with Crippen LogP contribution in [0.15, 0.2) is 89.8 Å². The highest BCUT2D eigenvalue weighted by atomic mass is 32.2. The maximum atomic E-state index is 13.9. The smallest absolute Gasteiger partial charge is 0.263 e. The summed E-state index contributed by atoms with van der Waals surface area (Å²) in [7, 11) is -3.91. The number of ether oxygens (including phenoxy) is 1. The van der Waals surface area contributed by atoms with Crippen molar-refractivity contribution in [3.8, 4) is 5.75 Å². The number of anilines is 1. The first-order valence-corrected chi connectivity index (χ1v) is 14.8. The minimum absolute atomic E-state index is 0.0135. The summed E-state index contributed by atoms with van der Waals surface area (Å²) in [6.45, 7) is 0.00878. The summed E-state index contributed by atoms with van der Waals surface area (Å²) in [6, 6.07) is 24.6. The van der Waals surface area contributed by atoms with Crippen molar-refractivity contribution in [1.82, 2.24) is 9.62 Å². The molecule has 2 aliphatic rings. The average Bonchev–Trinajstić information content (AvgIpc) is 2.99. The van der Waals surface area contributed by atoms with Gasteiger partial charge < -0.3 is 15.0 Å². The van der Waals surface area contributed by atoms with Crippen LogP contribution in [0.25, 0.3) is 0 Å². The van der Waals surface area contributed by atoms with E-state index in [4.69, 9.17) is 4.74 Å². The maximum absolute atomic E-state index is 13.9. The molecular formula is C30H33N3O5S. The minimum atomic E-state index is -3.91. The number of rotatable bonds is 8. The van der Waals surface area contributed by atoms with Crippen molar-refractivity contribution in [3.63, 3.8) is 0 Å². The third kappa shape index (κ3) is 6.15. The number of fused-ring (bicyclic) bond motifs is 1. The second kappa shape index (κ2) is 12.0. The Morgan fingerprint density at radius 2 is 1.51 bits per heavy atom. The number of nitrogens with one attached hydrogen (secondary N) is 1. The number of nitrogens with zero attached hydrogens (tertiary/aromatic N) is 2. The number of hydrogen-bond donors (Lipinski definition) is 1. The van der Waals surface area contributed by atoms with Gasteiger partial charge in [-0.05, 0) is 42.7 Å². The summed E-state index contributed by atoms with van der Waals surface area (Å²) < 4.78 is 34.9. The van der Waals surface area contributed by atoms with Gasteiger partial charge in [0.25, 0.3) is 5.91 Å². The number of carbonyl (C=O) groups is 2. The predicted octanol–water partition coefficient (Wildman–Crippen LogP) is 4.12. The van der Waals surface area contributed by atoms with Gasteiger partial charge in [0.2, 0.25) is 15.9 Å². The van der Waals surface area contributed by atoms with Gasteiger partial charge >= 0.3 is 0 Å². The number of amides is 2. The van der Waals surface area contributed by atoms with E-state index in [0.717, 1.165) is 24.8 Å². The van der Waals surface area contributed by atoms with E-state index in [1.165, 1.54) is 9.21 Å².